The molecule has 0 aliphatic carbocycles. The van der Waals surface area contributed by atoms with Gasteiger partial charge in [0.1, 0.15) is 0 Å². The van der Waals surface area contributed by atoms with E-state index in [-0.39, 0.29) is 5.69 Å². The smallest absolute Gasteiger partial charge is 0.355 e. The molecule has 1 heterocycles. The number of hydrogen-bond donors (Lipinski definition) is 1. The molecule has 2 rings (SSSR count). The first-order valence-corrected chi connectivity index (χ1v) is 4.85. The average molecular weight is 217 g/mol. The van der Waals surface area contributed by atoms with E-state index in [2.05, 4.69) is 10.3 Å². The normalized spacial score (nSPS) is 10.3. The van der Waals surface area contributed by atoms with Crippen LogP contribution in [0.25, 0.3) is 0 Å². The van der Waals surface area contributed by atoms with Crippen LogP contribution < -0.4 is 0 Å². The molecule has 16 heavy (non-hydrogen) atoms. The Morgan fingerprint density at radius 2 is 2.19 bits per heavy atom. The van der Waals surface area contributed by atoms with E-state index >= 15 is 0 Å². The maximum absolute atomic E-state index is 10.9. The molecule has 0 unspecified atom stereocenters. The molecule has 0 aliphatic heterocycles. The molecular weight excluding hydrogens is 206 g/mol. The molecule has 1 aromatic heterocycles. The number of carboxylic acids is 1. The summed E-state index contributed by atoms with van der Waals surface area (Å²) in [5, 5.41) is 16.3. The highest BCUT2D eigenvalue weighted by Gasteiger charge is 2.11. The van der Waals surface area contributed by atoms with Crippen LogP contribution in [-0.2, 0) is 6.54 Å². The van der Waals surface area contributed by atoms with E-state index < -0.39 is 5.97 Å². The summed E-state index contributed by atoms with van der Waals surface area (Å²) in [5.41, 5.74) is 2.24. The van der Waals surface area contributed by atoms with Crippen molar-refractivity contribution in [1.29, 1.82) is 0 Å². The lowest BCUT2D eigenvalue weighted by molar-refractivity contribution is 0.0684. The summed E-state index contributed by atoms with van der Waals surface area (Å²) < 4.78 is 1.38. The van der Waals surface area contributed by atoms with Gasteiger partial charge in [-0.15, -0.1) is 5.10 Å². The third kappa shape index (κ3) is 1.93. The Labute approximate surface area is 92.3 Å². The number of hydrogen-bond acceptors (Lipinski definition) is 3. The standard InChI is InChI=1S/C11H11N3O2/c1-8-4-2-3-5-9(8)7-14-10(11(15)16)6-12-13-14/h2-6H,7H2,1H3,(H,15,16). The van der Waals surface area contributed by atoms with Crippen molar-refractivity contribution in [1.82, 2.24) is 15.0 Å². The zero-order valence-corrected chi connectivity index (χ0v) is 8.79. The van der Waals surface area contributed by atoms with Gasteiger partial charge < -0.3 is 5.11 Å². The second-order valence-corrected chi connectivity index (χ2v) is 3.51. The van der Waals surface area contributed by atoms with Crippen molar-refractivity contribution in [2.75, 3.05) is 0 Å². The third-order valence-electron chi connectivity index (χ3n) is 2.42. The summed E-state index contributed by atoms with van der Waals surface area (Å²) in [6.45, 7) is 2.40. The Balaban J connectivity index is 2.31. The van der Waals surface area contributed by atoms with E-state index in [9.17, 15) is 4.79 Å². The van der Waals surface area contributed by atoms with Crippen LogP contribution in [0.5, 0.6) is 0 Å². The number of aryl methyl sites for hydroxylation is 1. The van der Waals surface area contributed by atoms with Gasteiger partial charge in [0.05, 0.1) is 12.7 Å². The van der Waals surface area contributed by atoms with E-state index in [1.807, 2.05) is 31.2 Å². The van der Waals surface area contributed by atoms with Gasteiger partial charge in [-0.05, 0) is 18.1 Å². The van der Waals surface area contributed by atoms with Gasteiger partial charge in [0.15, 0.2) is 5.69 Å². The predicted molar refractivity (Wildman–Crippen MR) is 57.3 cm³/mol. The second kappa shape index (κ2) is 4.14. The highest BCUT2D eigenvalue weighted by molar-refractivity contribution is 5.85. The molecule has 0 atom stereocenters. The van der Waals surface area contributed by atoms with Gasteiger partial charge in [0, 0.05) is 0 Å². The lowest BCUT2D eigenvalue weighted by atomic mass is 10.1. The molecule has 0 radical (unpaired) electrons. The van der Waals surface area contributed by atoms with Gasteiger partial charge in [-0.1, -0.05) is 29.5 Å². The quantitative estimate of drug-likeness (QED) is 0.842. The molecule has 0 bridgehead atoms. The fourth-order valence-electron chi connectivity index (χ4n) is 1.49. The van der Waals surface area contributed by atoms with E-state index in [1.165, 1.54) is 10.9 Å². The highest BCUT2D eigenvalue weighted by atomic mass is 16.4. The summed E-state index contributed by atoms with van der Waals surface area (Å²) in [6.07, 6.45) is 1.25. The molecule has 0 aliphatic rings. The van der Waals surface area contributed by atoms with Crippen molar-refractivity contribution in [2.24, 2.45) is 0 Å². The number of carboxylic acid groups (broad SMARTS) is 1. The average Bonchev–Trinajstić information content (AvgIpc) is 2.69. The predicted octanol–water partition coefficient (Wildman–Crippen LogP) is 1.33. The number of rotatable bonds is 3. The van der Waals surface area contributed by atoms with Crippen LogP contribution in [0.4, 0.5) is 0 Å². The molecule has 1 N–H and O–H groups in total. The number of aromatic nitrogens is 3. The number of carbonyl (C=O) groups is 1. The van der Waals surface area contributed by atoms with E-state index in [0.717, 1.165) is 11.1 Å². The number of aromatic carboxylic acids is 1. The van der Waals surface area contributed by atoms with Gasteiger partial charge >= 0.3 is 5.97 Å². The van der Waals surface area contributed by atoms with Crippen molar-refractivity contribution in [2.45, 2.75) is 13.5 Å². The monoisotopic (exact) mass is 217 g/mol. The second-order valence-electron chi connectivity index (χ2n) is 3.51. The van der Waals surface area contributed by atoms with Crippen LogP contribution in [0.3, 0.4) is 0 Å². The Kier molecular flexibility index (Phi) is 2.68. The largest absolute Gasteiger partial charge is 0.476 e. The molecule has 0 saturated heterocycles. The molecular formula is C11H11N3O2. The topological polar surface area (TPSA) is 68.0 Å². The third-order valence-corrected chi connectivity index (χ3v) is 2.42. The van der Waals surface area contributed by atoms with Crippen LogP contribution in [-0.4, -0.2) is 26.1 Å². The van der Waals surface area contributed by atoms with Crippen LogP contribution in [0, 0.1) is 6.92 Å². The maximum Gasteiger partial charge on any atom is 0.355 e. The van der Waals surface area contributed by atoms with Gasteiger partial charge in [-0.3, -0.25) is 0 Å². The van der Waals surface area contributed by atoms with Gasteiger partial charge in [-0.2, -0.15) is 0 Å². The first kappa shape index (κ1) is 10.4. The minimum Gasteiger partial charge on any atom is -0.476 e. The summed E-state index contributed by atoms with van der Waals surface area (Å²) in [5.74, 6) is -1.02. The number of nitrogens with zero attached hydrogens (tertiary/aromatic N) is 3. The lowest BCUT2D eigenvalue weighted by Crippen LogP contribution is -2.11. The first-order valence-electron chi connectivity index (χ1n) is 4.85. The molecule has 0 amide bonds. The zero-order valence-electron chi connectivity index (χ0n) is 8.79. The summed E-state index contributed by atoms with van der Waals surface area (Å²) in [7, 11) is 0. The Morgan fingerprint density at radius 3 is 2.88 bits per heavy atom. The van der Waals surface area contributed by atoms with Crippen LogP contribution in [0.2, 0.25) is 0 Å². The number of benzene rings is 1. The fraction of sp³-hybridized carbons (Fsp3) is 0.182. The van der Waals surface area contributed by atoms with Crippen LogP contribution >= 0.6 is 0 Å². The Bertz CT molecular complexity index is 519. The Morgan fingerprint density at radius 1 is 1.44 bits per heavy atom. The van der Waals surface area contributed by atoms with Crippen LogP contribution in [0.1, 0.15) is 21.6 Å². The molecule has 1 aromatic carbocycles. The van der Waals surface area contributed by atoms with Crippen molar-refractivity contribution in [3.8, 4) is 0 Å². The summed E-state index contributed by atoms with van der Waals surface area (Å²) in [4.78, 5) is 10.9. The molecule has 82 valence electrons. The highest BCUT2D eigenvalue weighted by Crippen LogP contribution is 2.09. The minimum absolute atomic E-state index is 0.100. The van der Waals surface area contributed by atoms with Gasteiger partial charge in [-0.25, -0.2) is 9.48 Å². The Hall–Kier alpha value is -2.17. The molecule has 0 fully saturated rings. The molecule has 5 heteroatoms. The van der Waals surface area contributed by atoms with E-state index in [4.69, 9.17) is 5.11 Å². The summed E-state index contributed by atoms with van der Waals surface area (Å²) >= 11 is 0. The van der Waals surface area contributed by atoms with Crippen molar-refractivity contribution < 1.29 is 9.90 Å². The van der Waals surface area contributed by atoms with E-state index in [1.54, 1.807) is 0 Å². The molecule has 0 saturated carbocycles. The fourth-order valence-corrected chi connectivity index (χ4v) is 1.49. The minimum atomic E-state index is -1.02. The van der Waals surface area contributed by atoms with Crippen molar-refractivity contribution >= 4 is 5.97 Å². The summed E-state index contributed by atoms with van der Waals surface area (Å²) in [6, 6.07) is 7.79. The zero-order chi connectivity index (χ0) is 11.5. The van der Waals surface area contributed by atoms with Gasteiger partial charge in [0.25, 0.3) is 0 Å². The van der Waals surface area contributed by atoms with Gasteiger partial charge in [0.2, 0.25) is 0 Å². The molecule has 5 nitrogen and oxygen atoms in total. The maximum atomic E-state index is 10.9. The first-order chi connectivity index (χ1) is 7.68. The molecule has 0 spiro atoms. The molecule has 2 aromatic rings. The van der Waals surface area contributed by atoms with E-state index in [0.29, 0.717) is 6.54 Å². The lowest BCUT2D eigenvalue weighted by Gasteiger charge is -2.06. The van der Waals surface area contributed by atoms with Crippen molar-refractivity contribution in [3.63, 3.8) is 0 Å². The SMILES string of the molecule is Cc1ccccc1Cn1nncc1C(=O)O. The van der Waals surface area contributed by atoms with Crippen molar-refractivity contribution in [3.05, 3.63) is 47.3 Å². The van der Waals surface area contributed by atoms with Crippen LogP contribution in [0.15, 0.2) is 30.5 Å².